The number of sulfonamides is 1. The molecule has 112 valence electrons. The molecule has 0 spiro atoms. The molecule has 1 unspecified atom stereocenters. The molecule has 21 heavy (non-hydrogen) atoms. The van der Waals surface area contributed by atoms with Crippen molar-refractivity contribution in [2.24, 2.45) is 5.14 Å². The number of thiophene rings is 1. The number of fused-ring (bicyclic) bond motifs is 1. The van der Waals surface area contributed by atoms with E-state index in [9.17, 15) is 8.42 Å². The molecule has 1 aliphatic carbocycles. The van der Waals surface area contributed by atoms with Crippen molar-refractivity contribution in [3.63, 3.8) is 0 Å². The summed E-state index contributed by atoms with van der Waals surface area (Å²) in [6.07, 6.45) is 3.15. The van der Waals surface area contributed by atoms with Crippen LogP contribution in [0.5, 0.6) is 0 Å². The number of primary sulfonamides is 1. The molecule has 1 aromatic carbocycles. The molecular weight excluding hydrogens is 306 g/mol. The largest absolute Gasteiger partial charge is 0.399 e. The van der Waals surface area contributed by atoms with Gasteiger partial charge in [-0.1, -0.05) is 0 Å². The number of aryl methyl sites for hydroxylation is 1. The number of nitrogens with two attached hydrogens (primary N) is 2. The SMILES string of the molecule is Nc1ccc(NC2CCCc3sccc32)c(S(N)(=O)=O)c1. The van der Waals surface area contributed by atoms with Crippen LogP contribution in [-0.4, -0.2) is 8.42 Å². The first-order valence-electron chi connectivity index (χ1n) is 6.70. The monoisotopic (exact) mass is 323 g/mol. The van der Waals surface area contributed by atoms with Crippen LogP contribution < -0.4 is 16.2 Å². The van der Waals surface area contributed by atoms with Gasteiger partial charge in [0, 0.05) is 10.6 Å². The van der Waals surface area contributed by atoms with Gasteiger partial charge >= 0.3 is 0 Å². The van der Waals surface area contributed by atoms with Gasteiger partial charge in [0.25, 0.3) is 0 Å². The van der Waals surface area contributed by atoms with E-state index in [1.165, 1.54) is 16.5 Å². The minimum atomic E-state index is -3.81. The van der Waals surface area contributed by atoms with E-state index in [2.05, 4.69) is 16.8 Å². The van der Waals surface area contributed by atoms with E-state index in [0.717, 1.165) is 19.3 Å². The topological polar surface area (TPSA) is 98.2 Å². The van der Waals surface area contributed by atoms with Gasteiger partial charge in [0.2, 0.25) is 10.0 Å². The first-order chi connectivity index (χ1) is 9.95. The fourth-order valence-corrected chi connectivity index (χ4v) is 4.44. The van der Waals surface area contributed by atoms with Crippen LogP contribution in [0.1, 0.15) is 29.3 Å². The third-order valence-electron chi connectivity index (χ3n) is 3.69. The van der Waals surface area contributed by atoms with Crippen LogP contribution in [-0.2, 0) is 16.4 Å². The summed E-state index contributed by atoms with van der Waals surface area (Å²) in [4.78, 5) is 1.41. The second-order valence-electron chi connectivity index (χ2n) is 5.19. The molecule has 2 aromatic rings. The quantitative estimate of drug-likeness (QED) is 0.756. The molecule has 1 aliphatic rings. The smallest absolute Gasteiger partial charge is 0.240 e. The Balaban J connectivity index is 1.97. The van der Waals surface area contributed by atoms with Crippen LogP contribution in [0.2, 0.25) is 0 Å². The van der Waals surface area contributed by atoms with Gasteiger partial charge in [-0.2, -0.15) is 0 Å². The zero-order valence-corrected chi connectivity index (χ0v) is 13.0. The molecule has 0 radical (unpaired) electrons. The van der Waals surface area contributed by atoms with Crippen molar-refractivity contribution in [1.29, 1.82) is 0 Å². The Hall–Kier alpha value is -1.57. The third-order valence-corrected chi connectivity index (χ3v) is 5.64. The molecule has 0 saturated heterocycles. The predicted octanol–water partition coefficient (Wildman–Crippen LogP) is 2.47. The van der Waals surface area contributed by atoms with Crippen molar-refractivity contribution in [2.75, 3.05) is 11.1 Å². The molecule has 0 bridgehead atoms. The van der Waals surface area contributed by atoms with E-state index >= 15 is 0 Å². The summed E-state index contributed by atoms with van der Waals surface area (Å²) < 4.78 is 23.5. The highest BCUT2D eigenvalue weighted by molar-refractivity contribution is 7.89. The average Bonchev–Trinajstić information content (AvgIpc) is 2.89. The molecule has 0 fully saturated rings. The first kappa shape index (κ1) is 14.4. The number of hydrogen-bond donors (Lipinski definition) is 3. The number of nitrogen functional groups attached to an aromatic ring is 1. The van der Waals surface area contributed by atoms with Gasteiger partial charge in [-0.15, -0.1) is 11.3 Å². The lowest BCUT2D eigenvalue weighted by Crippen LogP contribution is -2.19. The van der Waals surface area contributed by atoms with E-state index in [1.807, 2.05) is 0 Å². The van der Waals surface area contributed by atoms with E-state index < -0.39 is 10.0 Å². The van der Waals surface area contributed by atoms with Crippen LogP contribution in [0.15, 0.2) is 34.5 Å². The van der Waals surface area contributed by atoms with Crippen molar-refractivity contribution >= 4 is 32.7 Å². The minimum Gasteiger partial charge on any atom is -0.399 e. The van der Waals surface area contributed by atoms with E-state index in [0.29, 0.717) is 11.4 Å². The zero-order valence-electron chi connectivity index (χ0n) is 11.4. The molecule has 1 heterocycles. The van der Waals surface area contributed by atoms with Gasteiger partial charge in [0.1, 0.15) is 4.90 Å². The van der Waals surface area contributed by atoms with E-state index in [1.54, 1.807) is 23.5 Å². The highest BCUT2D eigenvalue weighted by Gasteiger charge is 2.23. The molecule has 7 heteroatoms. The van der Waals surface area contributed by atoms with Crippen molar-refractivity contribution in [3.8, 4) is 0 Å². The Bertz CT molecular complexity index is 768. The summed E-state index contributed by atoms with van der Waals surface area (Å²) in [6.45, 7) is 0. The highest BCUT2D eigenvalue weighted by Crippen LogP contribution is 2.36. The maximum Gasteiger partial charge on any atom is 0.240 e. The van der Waals surface area contributed by atoms with Crippen LogP contribution in [0.4, 0.5) is 11.4 Å². The Morgan fingerprint density at radius 3 is 2.86 bits per heavy atom. The second kappa shape index (κ2) is 5.32. The Labute approximate surface area is 128 Å². The van der Waals surface area contributed by atoms with Gasteiger partial charge in [0.15, 0.2) is 0 Å². The van der Waals surface area contributed by atoms with E-state index in [-0.39, 0.29) is 10.9 Å². The maximum atomic E-state index is 11.7. The molecular formula is C14H17N3O2S2. The fourth-order valence-electron chi connectivity index (χ4n) is 2.72. The van der Waals surface area contributed by atoms with Crippen molar-refractivity contribution in [1.82, 2.24) is 0 Å². The summed E-state index contributed by atoms with van der Waals surface area (Å²) >= 11 is 1.75. The number of nitrogens with one attached hydrogen (secondary N) is 1. The minimum absolute atomic E-state index is 0.0462. The molecule has 5 nitrogen and oxygen atoms in total. The first-order valence-corrected chi connectivity index (χ1v) is 9.13. The molecule has 0 aliphatic heterocycles. The van der Waals surface area contributed by atoms with Crippen LogP contribution >= 0.6 is 11.3 Å². The summed E-state index contributed by atoms with van der Waals surface area (Å²) in [5.41, 5.74) is 7.81. The summed E-state index contributed by atoms with van der Waals surface area (Å²) in [5.74, 6) is 0. The van der Waals surface area contributed by atoms with Crippen LogP contribution in [0, 0.1) is 0 Å². The number of anilines is 2. The highest BCUT2D eigenvalue weighted by atomic mass is 32.2. The van der Waals surface area contributed by atoms with E-state index in [4.69, 9.17) is 10.9 Å². The van der Waals surface area contributed by atoms with Gasteiger partial charge < -0.3 is 11.1 Å². The lowest BCUT2D eigenvalue weighted by Gasteiger charge is -2.25. The van der Waals surface area contributed by atoms with Crippen LogP contribution in [0.3, 0.4) is 0 Å². The Morgan fingerprint density at radius 1 is 1.29 bits per heavy atom. The molecule has 1 aromatic heterocycles. The zero-order chi connectivity index (χ0) is 15.0. The third kappa shape index (κ3) is 2.90. The van der Waals surface area contributed by atoms with Gasteiger partial charge in [-0.25, -0.2) is 13.6 Å². The number of benzene rings is 1. The molecule has 1 atom stereocenters. The Kier molecular flexibility index (Phi) is 3.64. The van der Waals surface area contributed by atoms with Crippen LogP contribution in [0.25, 0.3) is 0 Å². The molecule has 0 amide bonds. The number of hydrogen-bond acceptors (Lipinski definition) is 5. The predicted molar refractivity (Wildman–Crippen MR) is 85.8 cm³/mol. The van der Waals surface area contributed by atoms with Gasteiger partial charge in [-0.3, -0.25) is 0 Å². The summed E-state index contributed by atoms with van der Waals surface area (Å²) in [7, 11) is -3.81. The standard InChI is InChI=1S/C14H17N3O2S2/c15-9-4-5-12(14(8-9)21(16,18)19)17-11-2-1-3-13-10(11)6-7-20-13/h4-8,11,17H,1-3,15H2,(H2,16,18,19). The normalized spacial score (nSPS) is 18.2. The number of rotatable bonds is 3. The molecule has 0 saturated carbocycles. The van der Waals surface area contributed by atoms with Gasteiger partial charge in [-0.05, 0) is 54.5 Å². The summed E-state index contributed by atoms with van der Waals surface area (Å²) in [5, 5.41) is 10.7. The molecule has 5 N–H and O–H groups in total. The maximum absolute atomic E-state index is 11.7. The van der Waals surface area contributed by atoms with Crippen molar-refractivity contribution < 1.29 is 8.42 Å². The van der Waals surface area contributed by atoms with Crippen molar-refractivity contribution in [3.05, 3.63) is 40.1 Å². The lowest BCUT2D eigenvalue weighted by molar-refractivity contribution is 0.594. The summed E-state index contributed by atoms with van der Waals surface area (Å²) in [6, 6.07) is 6.97. The average molecular weight is 323 g/mol. The lowest BCUT2D eigenvalue weighted by atomic mass is 9.94. The van der Waals surface area contributed by atoms with Crippen molar-refractivity contribution in [2.45, 2.75) is 30.2 Å². The fraction of sp³-hybridized carbons (Fsp3) is 0.286. The van der Waals surface area contributed by atoms with Gasteiger partial charge in [0.05, 0.1) is 11.7 Å². The second-order valence-corrected chi connectivity index (χ2v) is 7.72. The molecule has 3 rings (SSSR count). The Morgan fingerprint density at radius 2 is 2.10 bits per heavy atom.